The zero-order valence-corrected chi connectivity index (χ0v) is 41.3. The van der Waals surface area contributed by atoms with Crippen LogP contribution in [-0.2, 0) is 32.7 Å². The van der Waals surface area contributed by atoms with Crippen LogP contribution in [0.25, 0.3) is 0 Å². The van der Waals surface area contributed by atoms with Crippen molar-refractivity contribution in [1.29, 1.82) is 0 Å². The van der Waals surface area contributed by atoms with E-state index in [1.807, 2.05) is 0 Å². The van der Waals surface area contributed by atoms with Crippen LogP contribution in [0.2, 0.25) is 0 Å². The van der Waals surface area contributed by atoms with Crippen LogP contribution < -0.4 is 0 Å². The van der Waals surface area contributed by atoms with Gasteiger partial charge in [0.15, 0.2) is 6.10 Å². The molecule has 0 aromatic heterocycles. The number of aliphatic hydroxyl groups is 2. The Morgan fingerprint density at radius 2 is 0.790 bits per heavy atom. The molecule has 10 nitrogen and oxygen atoms in total. The molecule has 0 radical (unpaired) electrons. The van der Waals surface area contributed by atoms with Crippen LogP contribution in [0.1, 0.15) is 264 Å². The van der Waals surface area contributed by atoms with Crippen LogP contribution >= 0.6 is 7.82 Å². The highest BCUT2D eigenvalue weighted by molar-refractivity contribution is 7.47. The molecule has 0 aromatic rings. The van der Waals surface area contributed by atoms with Gasteiger partial charge < -0.3 is 24.6 Å². The minimum absolute atomic E-state index is 0.184. The first kappa shape index (κ1) is 60.7. The molecule has 1 unspecified atom stereocenters. The minimum atomic E-state index is -4.62. The molecule has 0 spiro atoms. The number of aliphatic hydroxyl groups excluding tert-OH is 2. The molecule has 0 heterocycles. The van der Waals surface area contributed by atoms with Gasteiger partial charge in [-0.15, -0.1) is 0 Å². The molecule has 3 N–H and O–H groups in total. The first-order valence-corrected chi connectivity index (χ1v) is 27.6. The van der Waals surface area contributed by atoms with Crippen LogP contribution in [0.4, 0.5) is 0 Å². The second-order valence-electron chi connectivity index (χ2n) is 17.9. The van der Waals surface area contributed by atoms with Gasteiger partial charge in [0.25, 0.3) is 0 Å². The van der Waals surface area contributed by atoms with Crippen molar-refractivity contribution in [2.45, 2.75) is 276 Å². The molecular weight excluding hydrogens is 804 g/mol. The topological polar surface area (TPSA) is 149 Å². The zero-order chi connectivity index (χ0) is 45.5. The van der Waals surface area contributed by atoms with E-state index in [9.17, 15) is 24.2 Å². The summed E-state index contributed by atoms with van der Waals surface area (Å²) in [5.41, 5.74) is 0. The monoisotopic (exact) mass is 903 g/mol. The Kier molecular flexibility index (Phi) is 46.7. The van der Waals surface area contributed by atoms with Crippen LogP contribution in [0.3, 0.4) is 0 Å². The van der Waals surface area contributed by atoms with E-state index in [-0.39, 0.29) is 19.4 Å². The fraction of sp³-hybridized carbons (Fsp3) is 0.922. The van der Waals surface area contributed by atoms with E-state index in [0.29, 0.717) is 12.8 Å². The van der Waals surface area contributed by atoms with Crippen LogP contribution in [0, 0.1) is 0 Å². The maximum Gasteiger partial charge on any atom is 0.472 e. The first-order valence-electron chi connectivity index (χ1n) is 26.1. The van der Waals surface area contributed by atoms with Gasteiger partial charge in [-0.2, -0.15) is 0 Å². The predicted octanol–water partition coefficient (Wildman–Crippen LogP) is 14.7. The molecule has 0 fully saturated rings. The number of rotatable bonds is 50. The van der Waals surface area contributed by atoms with Gasteiger partial charge >= 0.3 is 19.8 Å². The van der Waals surface area contributed by atoms with Gasteiger partial charge in [0, 0.05) is 12.8 Å². The van der Waals surface area contributed by atoms with E-state index in [2.05, 4.69) is 26.0 Å². The molecule has 368 valence electrons. The Morgan fingerprint density at radius 3 is 1.16 bits per heavy atom. The van der Waals surface area contributed by atoms with Crippen molar-refractivity contribution in [2.24, 2.45) is 0 Å². The highest BCUT2D eigenvalue weighted by atomic mass is 31.2. The molecule has 0 amide bonds. The predicted molar refractivity (Wildman–Crippen MR) is 256 cm³/mol. The third-order valence-corrected chi connectivity index (χ3v) is 12.6. The van der Waals surface area contributed by atoms with Gasteiger partial charge in [-0.3, -0.25) is 18.6 Å². The van der Waals surface area contributed by atoms with Crippen LogP contribution in [0.15, 0.2) is 12.2 Å². The first-order chi connectivity index (χ1) is 30.2. The lowest BCUT2D eigenvalue weighted by Gasteiger charge is -2.20. The number of carbonyl (C=O) groups excluding carboxylic acids is 2. The third kappa shape index (κ3) is 46.7. The Balaban J connectivity index is 4.11. The molecule has 0 aliphatic heterocycles. The number of esters is 2. The second kappa shape index (κ2) is 47.7. The van der Waals surface area contributed by atoms with Gasteiger partial charge in [-0.1, -0.05) is 225 Å². The average Bonchev–Trinajstić information content (AvgIpc) is 3.26. The standard InChI is InChI=1S/C51H99O10P/c1-3-5-7-9-11-13-15-17-19-21-22-23-24-25-27-28-30-32-34-36-38-40-42-50(54)58-46-49(47-60-62(56,57)59-45-48(53)44-52)61-51(55)43-41-39-37-35-33-31-29-26-20-18-16-14-12-10-8-6-4-2/h18,20,48-49,52-53H,3-17,19,21-47H2,1-2H3,(H,56,57)/b20-18+/t48-,49-/m1/s1. The lowest BCUT2D eigenvalue weighted by molar-refractivity contribution is -0.161. The summed E-state index contributed by atoms with van der Waals surface area (Å²) in [6.45, 7) is 2.43. The van der Waals surface area contributed by atoms with Crippen molar-refractivity contribution in [3.05, 3.63) is 12.2 Å². The van der Waals surface area contributed by atoms with Crippen molar-refractivity contribution < 1.29 is 47.8 Å². The molecule has 0 saturated carbocycles. The zero-order valence-electron chi connectivity index (χ0n) is 40.4. The maximum absolute atomic E-state index is 12.7. The van der Waals surface area contributed by atoms with Crippen molar-refractivity contribution in [3.8, 4) is 0 Å². The fourth-order valence-electron chi connectivity index (χ4n) is 7.64. The number of hydrogen-bond donors (Lipinski definition) is 3. The maximum atomic E-state index is 12.7. The molecule has 62 heavy (non-hydrogen) atoms. The van der Waals surface area contributed by atoms with E-state index in [1.54, 1.807) is 0 Å². The number of carbonyl (C=O) groups is 2. The van der Waals surface area contributed by atoms with Crippen molar-refractivity contribution >= 4 is 19.8 Å². The summed E-state index contributed by atoms with van der Waals surface area (Å²) in [5, 5.41) is 18.4. The fourth-order valence-corrected chi connectivity index (χ4v) is 8.43. The van der Waals surface area contributed by atoms with Gasteiger partial charge in [0.1, 0.15) is 12.7 Å². The van der Waals surface area contributed by atoms with E-state index < -0.39 is 51.8 Å². The van der Waals surface area contributed by atoms with Crippen LogP contribution in [-0.4, -0.2) is 65.7 Å². The Bertz CT molecular complexity index is 1040. The van der Waals surface area contributed by atoms with E-state index >= 15 is 0 Å². The van der Waals surface area contributed by atoms with Crippen molar-refractivity contribution in [1.82, 2.24) is 0 Å². The lowest BCUT2D eigenvalue weighted by atomic mass is 10.0. The van der Waals surface area contributed by atoms with Crippen molar-refractivity contribution in [3.63, 3.8) is 0 Å². The highest BCUT2D eigenvalue weighted by Gasteiger charge is 2.27. The number of allylic oxidation sites excluding steroid dienone is 2. The molecule has 0 aliphatic rings. The SMILES string of the molecule is CCCCCCCC/C=C/CCCCCCCCCC(=O)O[C@H](COC(=O)CCCCCCCCCCCCCCCCCCCCCCCC)COP(=O)(O)OC[C@H](O)CO. The summed E-state index contributed by atoms with van der Waals surface area (Å²) in [5.74, 6) is -0.913. The van der Waals surface area contributed by atoms with E-state index in [1.165, 1.54) is 186 Å². The summed E-state index contributed by atoms with van der Waals surface area (Å²) in [6, 6.07) is 0. The summed E-state index contributed by atoms with van der Waals surface area (Å²) in [6.07, 6.45) is 49.0. The smallest absolute Gasteiger partial charge is 0.462 e. The molecule has 0 aliphatic carbocycles. The number of phosphoric acid groups is 1. The Morgan fingerprint density at radius 1 is 0.468 bits per heavy atom. The lowest BCUT2D eigenvalue weighted by Crippen LogP contribution is -2.29. The highest BCUT2D eigenvalue weighted by Crippen LogP contribution is 2.43. The second-order valence-corrected chi connectivity index (χ2v) is 19.4. The summed E-state index contributed by atoms with van der Waals surface area (Å²) < 4.78 is 32.9. The normalized spacial score (nSPS) is 13.7. The molecule has 0 rings (SSSR count). The average molecular weight is 903 g/mol. The van der Waals surface area contributed by atoms with Crippen molar-refractivity contribution in [2.75, 3.05) is 26.4 Å². The van der Waals surface area contributed by atoms with Crippen LogP contribution in [0.5, 0.6) is 0 Å². The summed E-state index contributed by atoms with van der Waals surface area (Å²) in [4.78, 5) is 35.2. The summed E-state index contributed by atoms with van der Waals surface area (Å²) >= 11 is 0. The number of unbranched alkanes of at least 4 members (excludes halogenated alkanes) is 34. The molecule has 11 heteroatoms. The van der Waals surface area contributed by atoms with E-state index in [0.717, 1.165) is 38.5 Å². The van der Waals surface area contributed by atoms with Gasteiger partial charge in [-0.25, -0.2) is 4.57 Å². The number of phosphoric ester groups is 1. The molecular formula is C51H99O10P. The Labute approximate surface area is 381 Å². The van der Waals surface area contributed by atoms with Gasteiger partial charge in [0.05, 0.1) is 19.8 Å². The molecule has 3 atom stereocenters. The van der Waals surface area contributed by atoms with Gasteiger partial charge in [0.2, 0.25) is 0 Å². The number of ether oxygens (including phenoxy) is 2. The van der Waals surface area contributed by atoms with E-state index in [4.69, 9.17) is 23.6 Å². The molecule has 0 saturated heterocycles. The van der Waals surface area contributed by atoms with Gasteiger partial charge in [-0.05, 0) is 38.5 Å². The molecule has 0 aromatic carbocycles. The summed E-state index contributed by atoms with van der Waals surface area (Å²) in [7, 11) is -4.62. The largest absolute Gasteiger partial charge is 0.472 e. The Hall–Kier alpha value is -1.29. The third-order valence-electron chi connectivity index (χ3n) is 11.7. The quantitative estimate of drug-likeness (QED) is 0.0233. The number of hydrogen-bond acceptors (Lipinski definition) is 9. The molecule has 0 bridgehead atoms. The minimum Gasteiger partial charge on any atom is -0.462 e.